The second kappa shape index (κ2) is 7.83. The fourth-order valence-electron chi connectivity index (χ4n) is 0. The number of hydrogen-bond acceptors (Lipinski definition) is 1. The molecule has 0 aromatic rings. The van der Waals surface area contributed by atoms with Gasteiger partial charge in [0.25, 0.3) is 0 Å². The van der Waals surface area contributed by atoms with Crippen LogP contribution in [0.5, 0.6) is 0 Å². The van der Waals surface area contributed by atoms with Crippen LogP contribution in [0.25, 0.3) is 0 Å². The summed E-state index contributed by atoms with van der Waals surface area (Å²) >= 11 is 2.04. The van der Waals surface area contributed by atoms with Crippen LogP contribution in [-0.4, -0.2) is 28.3 Å². The van der Waals surface area contributed by atoms with Crippen molar-refractivity contribution in [3.63, 3.8) is 0 Å². The van der Waals surface area contributed by atoms with Gasteiger partial charge < -0.3 is 5.11 Å². The van der Waals surface area contributed by atoms with Crippen LogP contribution in [-0.2, 0) is 0 Å². The fraction of sp³-hybridized carbons (Fsp3) is 1.00. The Labute approximate surface area is 77.6 Å². The normalized spacial score (nSPS) is 10.3. The zero-order valence-corrected chi connectivity index (χ0v) is 9.15. The van der Waals surface area contributed by atoms with Crippen molar-refractivity contribution < 1.29 is 5.11 Å². The summed E-state index contributed by atoms with van der Waals surface area (Å²) in [6.45, 7) is 8.69. The maximum absolute atomic E-state index is 9.30. The van der Waals surface area contributed by atoms with Gasteiger partial charge in [-0.15, -0.1) is 6.61 Å². The van der Waals surface area contributed by atoms with Gasteiger partial charge in [-0.3, -0.25) is 0 Å². The molecule has 0 unspecified atom stereocenters. The van der Waals surface area contributed by atoms with Gasteiger partial charge in [-0.25, -0.2) is 0 Å². The van der Waals surface area contributed by atoms with Gasteiger partial charge in [0.2, 0.25) is 0 Å². The molecule has 0 spiro atoms. The van der Waals surface area contributed by atoms with Crippen LogP contribution in [0.1, 0.15) is 34.1 Å². The van der Waals surface area contributed by atoms with Gasteiger partial charge in [0.05, 0.1) is 0 Å². The van der Waals surface area contributed by atoms with Crippen molar-refractivity contribution in [3.05, 3.63) is 0 Å². The van der Waals surface area contributed by atoms with Crippen molar-refractivity contribution in [2.75, 3.05) is 6.61 Å². The summed E-state index contributed by atoms with van der Waals surface area (Å²) < 4.78 is 1.30. The van der Waals surface area contributed by atoms with E-state index in [1.165, 1.54) is 4.55 Å². The molecule has 0 rings (SSSR count). The second-order valence-corrected chi connectivity index (χ2v) is 4.01. The number of hydrogen-bond donors (Lipinski definition) is 0. The summed E-state index contributed by atoms with van der Waals surface area (Å²) in [5.41, 5.74) is 0.554. The van der Waals surface area contributed by atoms with Gasteiger partial charge in [0.1, 0.15) is 0 Å². The van der Waals surface area contributed by atoms with Crippen LogP contribution in [0.15, 0.2) is 0 Å². The Hall–Kier alpha value is 0.726. The van der Waals surface area contributed by atoms with E-state index >= 15 is 0 Å². The first kappa shape index (κ1) is 13.3. The summed E-state index contributed by atoms with van der Waals surface area (Å²) in [4.78, 5) is 0. The maximum atomic E-state index is 9.30. The van der Waals surface area contributed by atoms with Crippen molar-refractivity contribution in [1.29, 1.82) is 0 Å². The summed E-state index contributed by atoms with van der Waals surface area (Å²) in [5, 5.41) is 9.30. The Morgan fingerprint density at radius 3 is 1.50 bits per heavy atom. The summed E-state index contributed by atoms with van der Waals surface area (Å²) in [5.74, 6) is 0. The molecule has 0 aromatic carbocycles. The van der Waals surface area contributed by atoms with Crippen molar-refractivity contribution in [3.8, 4) is 0 Å². The first-order valence-corrected chi connectivity index (χ1v) is 4.85. The zero-order valence-electron chi connectivity index (χ0n) is 7.74. The van der Waals surface area contributed by atoms with E-state index in [0.29, 0.717) is 5.41 Å². The van der Waals surface area contributed by atoms with Crippen molar-refractivity contribution >= 4 is 21.7 Å². The summed E-state index contributed by atoms with van der Waals surface area (Å²) in [6, 6.07) is 0. The van der Waals surface area contributed by atoms with Gasteiger partial charge >= 0.3 is 52.4 Å². The Morgan fingerprint density at radius 2 is 1.50 bits per heavy atom. The van der Waals surface area contributed by atoms with E-state index in [9.17, 15) is 5.11 Å². The first-order chi connectivity index (χ1) is 4.47. The van der Waals surface area contributed by atoms with Gasteiger partial charge in [-0.2, -0.15) is 0 Å². The smallest absolute Gasteiger partial charge is 0.0667 e. The molecule has 0 aliphatic heterocycles. The number of rotatable bonds is 1. The van der Waals surface area contributed by atoms with E-state index in [1.807, 2.05) is 28.6 Å². The van der Waals surface area contributed by atoms with Gasteiger partial charge in [-0.05, 0) is 0 Å². The second-order valence-electron chi connectivity index (χ2n) is 3.51. The average molecular weight is 155 g/mol. The third kappa shape index (κ3) is 23.3. The van der Waals surface area contributed by atoms with Gasteiger partial charge in [0.15, 0.2) is 0 Å². The molecule has 0 amide bonds. The largest absolute Gasteiger partial charge is 0.854 e. The topological polar surface area (TPSA) is 23.1 Å². The molecule has 0 heterocycles. The van der Waals surface area contributed by atoms with E-state index in [2.05, 4.69) is 20.8 Å². The molecule has 0 aliphatic rings. The Morgan fingerprint density at radius 1 is 1.30 bits per heavy atom. The standard InChI is InChI=1S/C5H11.C3H7O.Mg/c1-5(2,3)4;1-2-3-4;/h1H2,2-4H3;2-3H2,1H3;/q;-1;+1. The molecule has 10 heavy (non-hydrogen) atoms. The van der Waals surface area contributed by atoms with E-state index in [-0.39, 0.29) is 6.61 Å². The molecule has 0 fully saturated rings. The summed E-state index contributed by atoms with van der Waals surface area (Å²) in [7, 11) is 0. The van der Waals surface area contributed by atoms with Crippen LogP contribution < -0.4 is 5.11 Å². The molecule has 0 saturated carbocycles. The molecule has 0 saturated heterocycles. The van der Waals surface area contributed by atoms with Crippen molar-refractivity contribution in [2.24, 2.45) is 5.41 Å². The predicted octanol–water partition coefficient (Wildman–Crippen LogP) is 1.38. The molecule has 0 N–H and O–H groups in total. The van der Waals surface area contributed by atoms with Crippen LogP contribution in [0.2, 0.25) is 4.55 Å². The quantitative estimate of drug-likeness (QED) is 0.524. The van der Waals surface area contributed by atoms with Crippen LogP contribution in [0.4, 0.5) is 0 Å². The molecule has 0 aromatic heterocycles. The molecule has 58 valence electrons. The molecular formula is C8H18MgO. The van der Waals surface area contributed by atoms with Crippen LogP contribution in [0, 0.1) is 5.41 Å². The van der Waals surface area contributed by atoms with E-state index < -0.39 is 0 Å². The monoisotopic (exact) mass is 154 g/mol. The minimum Gasteiger partial charge on any atom is -0.854 e. The Bertz CT molecular complexity index is 54.8. The van der Waals surface area contributed by atoms with E-state index in [4.69, 9.17) is 0 Å². The molecule has 1 nitrogen and oxygen atoms in total. The molecule has 2 heteroatoms. The Kier molecular flexibility index (Phi) is 10.4. The molecule has 0 atom stereocenters. The SMILES string of the molecule is CC(C)(C)[CH2][Mg+].CCC[O-]. The Balaban J connectivity index is 0. The van der Waals surface area contributed by atoms with Crippen molar-refractivity contribution in [2.45, 2.75) is 38.7 Å². The molecular weight excluding hydrogens is 136 g/mol. The molecule has 0 bridgehead atoms. The third-order valence-corrected chi connectivity index (χ3v) is 2.45. The van der Waals surface area contributed by atoms with Gasteiger partial charge in [-0.1, -0.05) is 13.3 Å². The third-order valence-electron chi connectivity index (χ3n) is 0.954. The average Bonchev–Trinajstić information content (AvgIpc) is 1.87. The van der Waals surface area contributed by atoms with Gasteiger partial charge in [0, 0.05) is 0 Å². The minimum absolute atomic E-state index is 0.0694. The first-order valence-electron chi connectivity index (χ1n) is 3.85. The van der Waals surface area contributed by atoms with E-state index in [1.54, 1.807) is 0 Å². The van der Waals surface area contributed by atoms with E-state index in [0.717, 1.165) is 6.42 Å². The van der Waals surface area contributed by atoms with Crippen molar-refractivity contribution in [1.82, 2.24) is 0 Å². The summed E-state index contributed by atoms with van der Waals surface area (Å²) in [6.07, 6.45) is 0.764. The maximum Gasteiger partial charge on any atom is -0.0667 e. The minimum atomic E-state index is 0.0694. The molecule has 0 radical (unpaired) electrons. The predicted molar refractivity (Wildman–Crippen MR) is 45.2 cm³/mol. The fourth-order valence-corrected chi connectivity index (χ4v) is 0. The molecule has 0 aliphatic carbocycles. The van der Waals surface area contributed by atoms with Crippen LogP contribution >= 0.6 is 0 Å². The zero-order chi connectivity index (χ0) is 8.62. The van der Waals surface area contributed by atoms with Crippen LogP contribution in [0.3, 0.4) is 0 Å².